The Kier molecular flexibility index (Phi) is 3.13. The van der Waals surface area contributed by atoms with E-state index in [2.05, 4.69) is 20.9 Å². The Hall–Kier alpha value is -2.41. The van der Waals surface area contributed by atoms with Crippen LogP contribution in [0.1, 0.15) is 6.23 Å². The van der Waals surface area contributed by atoms with E-state index < -0.39 is 29.9 Å². The minimum Gasteiger partial charge on any atom is -0.394 e. The Balaban J connectivity index is 2.13. The van der Waals surface area contributed by atoms with E-state index in [1.54, 1.807) is 0 Å². The highest BCUT2D eigenvalue weighted by Crippen LogP contribution is 2.35. The molecule has 0 amide bonds. The maximum atomic E-state index is 11.7. The van der Waals surface area contributed by atoms with Gasteiger partial charge < -0.3 is 20.7 Å². The summed E-state index contributed by atoms with van der Waals surface area (Å²) in [5.41, 5.74) is 5.33. The van der Waals surface area contributed by atoms with Crippen molar-refractivity contribution in [3.63, 3.8) is 0 Å². The Morgan fingerprint density at radius 2 is 2.38 bits per heavy atom. The third-order valence-electron chi connectivity index (χ3n) is 3.47. The van der Waals surface area contributed by atoms with Gasteiger partial charge in [-0.2, -0.15) is 4.98 Å². The summed E-state index contributed by atoms with van der Waals surface area (Å²) >= 11 is 0. The van der Waals surface area contributed by atoms with Crippen molar-refractivity contribution in [2.45, 2.75) is 18.4 Å². The number of hydrogen-bond donors (Lipinski definition) is 4. The monoisotopic (exact) mass is 291 g/mol. The summed E-state index contributed by atoms with van der Waals surface area (Å²) in [7, 11) is 0. The standard InChI is InChI=1S/C12H13N5O4/c1-2-5-8(19)6(3-18)21-11(5)17-4-14-7-9(17)15-12(13)16-10(7)20/h1,4-6,8,11,18-19H,3H2,(H3,13,15,16,20)/t5?,6-,8+,11-/m1/s1. The van der Waals surface area contributed by atoms with Crippen molar-refractivity contribution in [2.24, 2.45) is 5.92 Å². The molecule has 1 unspecified atom stereocenters. The normalized spacial score (nSPS) is 28.8. The topological polar surface area (TPSA) is 139 Å². The first-order chi connectivity index (χ1) is 10.1. The molecule has 3 rings (SSSR count). The molecule has 4 atom stereocenters. The van der Waals surface area contributed by atoms with Crippen LogP contribution < -0.4 is 11.3 Å². The molecule has 1 fully saturated rings. The molecule has 3 heterocycles. The number of imidazole rings is 1. The van der Waals surface area contributed by atoms with Crippen molar-refractivity contribution in [2.75, 3.05) is 12.3 Å². The van der Waals surface area contributed by atoms with Crippen LogP contribution >= 0.6 is 0 Å². The van der Waals surface area contributed by atoms with Crippen LogP contribution in [0.15, 0.2) is 11.1 Å². The second kappa shape index (κ2) is 4.85. The molecular formula is C12H13N5O4. The summed E-state index contributed by atoms with van der Waals surface area (Å²) in [5, 5.41) is 19.2. The molecule has 5 N–H and O–H groups in total. The number of nitrogens with one attached hydrogen (secondary N) is 1. The van der Waals surface area contributed by atoms with E-state index in [9.17, 15) is 15.0 Å². The molecular weight excluding hydrogens is 278 g/mol. The molecule has 2 aromatic rings. The average Bonchev–Trinajstić information content (AvgIpc) is 2.99. The fourth-order valence-corrected chi connectivity index (χ4v) is 2.44. The number of aliphatic hydroxyl groups is 2. The SMILES string of the molecule is C#CC1[C@H](n2cnc3c(=O)[nH]c(N)nc32)O[C@H](CO)[C@H]1O. The zero-order valence-corrected chi connectivity index (χ0v) is 10.8. The first kappa shape index (κ1) is 13.6. The van der Waals surface area contributed by atoms with Crippen molar-refractivity contribution in [3.8, 4) is 12.3 Å². The number of nitrogens with zero attached hydrogens (tertiary/aromatic N) is 3. The average molecular weight is 291 g/mol. The number of fused-ring (bicyclic) bond motifs is 1. The Morgan fingerprint density at radius 3 is 3.05 bits per heavy atom. The Morgan fingerprint density at radius 1 is 1.62 bits per heavy atom. The lowest BCUT2D eigenvalue weighted by Crippen LogP contribution is -2.28. The van der Waals surface area contributed by atoms with Gasteiger partial charge in [-0.05, 0) is 0 Å². The lowest BCUT2D eigenvalue weighted by atomic mass is 10.0. The van der Waals surface area contributed by atoms with Gasteiger partial charge >= 0.3 is 0 Å². The molecule has 0 saturated carbocycles. The van der Waals surface area contributed by atoms with Crippen LogP contribution in [-0.4, -0.2) is 48.5 Å². The van der Waals surface area contributed by atoms with Gasteiger partial charge in [0.05, 0.1) is 18.9 Å². The van der Waals surface area contributed by atoms with Crippen molar-refractivity contribution >= 4 is 17.1 Å². The lowest BCUT2D eigenvalue weighted by Gasteiger charge is -2.16. The first-order valence-electron chi connectivity index (χ1n) is 6.19. The number of rotatable bonds is 2. The van der Waals surface area contributed by atoms with Crippen LogP contribution in [0.4, 0.5) is 5.95 Å². The second-order valence-electron chi connectivity index (χ2n) is 4.71. The molecule has 0 aliphatic carbocycles. The maximum Gasteiger partial charge on any atom is 0.280 e. The summed E-state index contributed by atoms with van der Waals surface area (Å²) in [6.07, 6.45) is 4.14. The molecule has 0 bridgehead atoms. The van der Waals surface area contributed by atoms with Crippen molar-refractivity contribution in [1.82, 2.24) is 19.5 Å². The van der Waals surface area contributed by atoms with E-state index in [1.165, 1.54) is 10.9 Å². The Labute approximate surface area is 118 Å². The summed E-state index contributed by atoms with van der Waals surface area (Å²) in [6, 6.07) is 0. The largest absolute Gasteiger partial charge is 0.394 e. The van der Waals surface area contributed by atoms with Gasteiger partial charge in [0.2, 0.25) is 5.95 Å². The lowest BCUT2D eigenvalue weighted by molar-refractivity contribution is -0.0441. The van der Waals surface area contributed by atoms with Crippen LogP contribution in [0.2, 0.25) is 0 Å². The number of terminal acetylenes is 1. The molecule has 1 aliphatic heterocycles. The summed E-state index contributed by atoms with van der Waals surface area (Å²) < 4.78 is 6.98. The molecule has 110 valence electrons. The number of nitrogens with two attached hydrogens (primary N) is 1. The molecule has 21 heavy (non-hydrogen) atoms. The predicted molar refractivity (Wildman–Crippen MR) is 71.9 cm³/mol. The van der Waals surface area contributed by atoms with Gasteiger partial charge in [0.1, 0.15) is 12.2 Å². The van der Waals surface area contributed by atoms with Crippen LogP contribution in [-0.2, 0) is 4.74 Å². The molecule has 1 aliphatic rings. The van der Waals surface area contributed by atoms with E-state index in [4.69, 9.17) is 16.9 Å². The number of hydrogen-bond acceptors (Lipinski definition) is 7. The van der Waals surface area contributed by atoms with Gasteiger partial charge in [0.25, 0.3) is 5.56 Å². The zero-order valence-electron chi connectivity index (χ0n) is 10.8. The number of anilines is 1. The highest BCUT2D eigenvalue weighted by molar-refractivity contribution is 5.70. The van der Waals surface area contributed by atoms with Crippen molar-refractivity contribution in [3.05, 3.63) is 16.7 Å². The number of aromatic amines is 1. The van der Waals surface area contributed by atoms with Gasteiger partial charge in [-0.3, -0.25) is 14.3 Å². The van der Waals surface area contributed by atoms with Gasteiger partial charge in [0.15, 0.2) is 17.4 Å². The Bertz CT molecular complexity index is 776. The van der Waals surface area contributed by atoms with E-state index in [0.29, 0.717) is 0 Å². The van der Waals surface area contributed by atoms with Crippen molar-refractivity contribution in [1.29, 1.82) is 0 Å². The van der Waals surface area contributed by atoms with Crippen LogP contribution in [0.3, 0.4) is 0 Å². The minimum atomic E-state index is -1.03. The van der Waals surface area contributed by atoms with Crippen LogP contribution in [0.25, 0.3) is 11.2 Å². The van der Waals surface area contributed by atoms with Crippen molar-refractivity contribution < 1.29 is 14.9 Å². The van der Waals surface area contributed by atoms with E-state index in [0.717, 1.165) is 0 Å². The second-order valence-corrected chi connectivity index (χ2v) is 4.71. The zero-order chi connectivity index (χ0) is 15.1. The number of H-pyrrole nitrogens is 1. The van der Waals surface area contributed by atoms with E-state index >= 15 is 0 Å². The van der Waals surface area contributed by atoms with Crippen LogP contribution in [0.5, 0.6) is 0 Å². The fraction of sp³-hybridized carbons (Fsp3) is 0.417. The van der Waals surface area contributed by atoms with E-state index in [-0.39, 0.29) is 23.7 Å². The molecule has 0 radical (unpaired) electrons. The third kappa shape index (κ3) is 1.97. The molecule has 9 heteroatoms. The number of ether oxygens (including phenoxy) is 1. The number of nitrogen functional groups attached to an aromatic ring is 1. The molecule has 1 saturated heterocycles. The predicted octanol–water partition coefficient (Wildman–Crippen LogP) is -1.80. The summed E-state index contributed by atoms with van der Waals surface area (Å²) in [6.45, 7) is -0.376. The molecule has 9 nitrogen and oxygen atoms in total. The fourth-order valence-electron chi connectivity index (χ4n) is 2.44. The molecule has 0 spiro atoms. The number of aromatic nitrogens is 4. The van der Waals surface area contributed by atoms with Gasteiger partial charge in [0, 0.05) is 0 Å². The maximum absolute atomic E-state index is 11.7. The smallest absolute Gasteiger partial charge is 0.280 e. The minimum absolute atomic E-state index is 0.0660. The summed E-state index contributed by atoms with van der Waals surface area (Å²) in [4.78, 5) is 22.1. The van der Waals surface area contributed by atoms with Gasteiger partial charge in [-0.1, -0.05) is 5.92 Å². The summed E-state index contributed by atoms with van der Waals surface area (Å²) in [5.74, 6) is 1.66. The highest BCUT2D eigenvalue weighted by Gasteiger charge is 2.44. The van der Waals surface area contributed by atoms with Gasteiger partial charge in [-0.25, -0.2) is 4.98 Å². The third-order valence-corrected chi connectivity index (χ3v) is 3.47. The van der Waals surface area contributed by atoms with E-state index in [1.807, 2.05) is 0 Å². The van der Waals surface area contributed by atoms with Gasteiger partial charge in [-0.15, -0.1) is 6.42 Å². The molecule has 2 aromatic heterocycles. The quantitative estimate of drug-likeness (QED) is 0.479. The highest BCUT2D eigenvalue weighted by atomic mass is 16.5. The molecule has 0 aromatic carbocycles. The number of aliphatic hydroxyl groups excluding tert-OH is 2. The van der Waals surface area contributed by atoms with Crippen LogP contribution in [0, 0.1) is 18.3 Å². The first-order valence-corrected chi connectivity index (χ1v) is 6.19.